The van der Waals surface area contributed by atoms with E-state index >= 15 is 0 Å². The molecule has 1 aliphatic carbocycles. The van der Waals surface area contributed by atoms with Crippen LogP contribution in [0.3, 0.4) is 0 Å². The summed E-state index contributed by atoms with van der Waals surface area (Å²) >= 11 is 0. The van der Waals surface area contributed by atoms with Crippen LogP contribution in [-0.2, 0) is 6.61 Å². The lowest BCUT2D eigenvalue weighted by Crippen LogP contribution is -2.35. The Kier molecular flexibility index (Phi) is 5.71. The molecular formula is C29H32N4O. The molecule has 0 spiro atoms. The number of ether oxygens (including phenoxy) is 1. The Balaban J connectivity index is 1.25. The largest absolute Gasteiger partial charge is 0.489 e. The van der Waals surface area contributed by atoms with E-state index in [1.54, 1.807) is 0 Å². The van der Waals surface area contributed by atoms with Gasteiger partial charge in [0, 0.05) is 41.6 Å². The molecule has 1 saturated carbocycles. The number of likely N-dealkylation sites (tertiary alicyclic amines) is 1. The zero-order chi connectivity index (χ0) is 22.9. The van der Waals surface area contributed by atoms with Gasteiger partial charge < -0.3 is 19.9 Å². The lowest BCUT2D eigenvalue weighted by Gasteiger charge is -2.38. The minimum absolute atomic E-state index is 0.496. The molecule has 0 bridgehead atoms. The minimum Gasteiger partial charge on any atom is -0.489 e. The van der Waals surface area contributed by atoms with Crippen LogP contribution in [0.4, 0.5) is 5.69 Å². The summed E-state index contributed by atoms with van der Waals surface area (Å²) in [6.45, 7) is 4.35. The molecule has 174 valence electrons. The molecule has 6 rings (SSSR count). The zero-order valence-electron chi connectivity index (χ0n) is 19.6. The molecule has 34 heavy (non-hydrogen) atoms. The normalized spacial score (nSPS) is 20.5. The van der Waals surface area contributed by atoms with Crippen LogP contribution < -0.4 is 10.5 Å². The molecule has 2 aromatic heterocycles. The number of hydrogen-bond donors (Lipinski definition) is 1. The van der Waals surface area contributed by atoms with Gasteiger partial charge in [0.05, 0.1) is 0 Å². The minimum atomic E-state index is 0.496. The second-order valence-corrected chi connectivity index (χ2v) is 9.85. The predicted molar refractivity (Wildman–Crippen MR) is 138 cm³/mol. The van der Waals surface area contributed by atoms with Gasteiger partial charge in [0.25, 0.3) is 0 Å². The van der Waals surface area contributed by atoms with Crippen LogP contribution in [0.1, 0.15) is 37.3 Å². The smallest absolute Gasteiger partial charge is 0.142 e. The van der Waals surface area contributed by atoms with Crippen molar-refractivity contribution in [3.8, 4) is 16.9 Å². The Morgan fingerprint density at radius 2 is 1.79 bits per heavy atom. The topological polar surface area (TPSA) is 56.3 Å². The molecule has 3 heterocycles. The molecule has 4 aromatic rings. The number of pyridine rings is 1. The summed E-state index contributed by atoms with van der Waals surface area (Å²) in [5, 5.41) is 1.05. The summed E-state index contributed by atoms with van der Waals surface area (Å²) in [6.07, 6.45) is 9.25. The molecular weight excluding hydrogens is 420 g/mol. The summed E-state index contributed by atoms with van der Waals surface area (Å²) in [5.41, 5.74) is 11.7. The zero-order valence-corrected chi connectivity index (χ0v) is 19.6. The van der Waals surface area contributed by atoms with Crippen LogP contribution in [0.2, 0.25) is 0 Å². The van der Waals surface area contributed by atoms with Gasteiger partial charge in [0.2, 0.25) is 0 Å². The number of anilines is 1. The first kappa shape index (κ1) is 21.2. The molecule has 5 nitrogen and oxygen atoms in total. The van der Waals surface area contributed by atoms with Crippen LogP contribution in [0.15, 0.2) is 73.1 Å². The van der Waals surface area contributed by atoms with Crippen molar-refractivity contribution in [1.29, 1.82) is 0 Å². The van der Waals surface area contributed by atoms with Crippen molar-refractivity contribution in [1.82, 2.24) is 14.5 Å². The van der Waals surface area contributed by atoms with Crippen molar-refractivity contribution in [3.63, 3.8) is 0 Å². The van der Waals surface area contributed by atoms with Gasteiger partial charge >= 0.3 is 0 Å². The molecule has 0 amide bonds. The van der Waals surface area contributed by atoms with E-state index in [-0.39, 0.29) is 0 Å². The number of aromatic nitrogens is 2. The predicted octanol–water partition coefficient (Wildman–Crippen LogP) is 5.91. The second kappa shape index (κ2) is 9.15. The van der Waals surface area contributed by atoms with Gasteiger partial charge in [-0.15, -0.1) is 0 Å². The van der Waals surface area contributed by atoms with Crippen LogP contribution >= 0.6 is 0 Å². The fourth-order valence-corrected chi connectivity index (χ4v) is 5.60. The second-order valence-electron chi connectivity index (χ2n) is 9.85. The monoisotopic (exact) mass is 452 g/mol. The number of hydrogen-bond acceptors (Lipinski definition) is 4. The van der Waals surface area contributed by atoms with Crippen molar-refractivity contribution >= 4 is 16.7 Å². The van der Waals surface area contributed by atoms with Gasteiger partial charge in [-0.05, 0) is 74.0 Å². The van der Waals surface area contributed by atoms with E-state index in [9.17, 15) is 0 Å². The molecule has 1 saturated heterocycles. The highest BCUT2D eigenvalue weighted by atomic mass is 16.5. The maximum Gasteiger partial charge on any atom is 0.142 e. The van der Waals surface area contributed by atoms with Crippen LogP contribution in [0.5, 0.6) is 5.75 Å². The average Bonchev–Trinajstić information content (AvgIpc) is 3.49. The van der Waals surface area contributed by atoms with Crippen LogP contribution in [-0.4, -0.2) is 34.1 Å². The maximum absolute atomic E-state index is 6.48. The Hall–Kier alpha value is -3.31. The Morgan fingerprint density at radius 1 is 0.971 bits per heavy atom. The Morgan fingerprint density at radius 3 is 2.62 bits per heavy atom. The molecule has 5 heteroatoms. The summed E-state index contributed by atoms with van der Waals surface area (Å²) < 4.78 is 8.48. The van der Waals surface area contributed by atoms with E-state index < -0.39 is 0 Å². The first-order chi connectivity index (χ1) is 16.7. The third-order valence-electron chi connectivity index (χ3n) is 7.46. The standard InChI is InChI=1S/C29H32N4O/c30-27-11-12-31-29-28(27)26(19-33(29)24-15-22(16-24)18-32-13-4-5-14-32)23-9-6-10-25(17-23)34-20-21-7-2-1-3-8-21/h1-3,6-12,17,19,22,24H,4-5,13-16,18,20H2,(H2,30,31)/t22-,24-. The Labute approximate surface area is 201 Å². The van der Waals surface area contributed by atoms with Crippen LogP contribution in [0, 0.1) is 5.92 Å². The van der Waals surface area contributed by atoms with E-state index in [1.165, 1.54) is 45.3 Å². The number of rotatable bonds is 7. The number of nitrogens with zero attached hydrogens (tertiary/aromatic N) is 3. The van der Waals surface area contributed by atoms with Crippen molar-refractivity contribution in [2.75, 3.05) is 25.4 Å². The van der Waals surface area contributed by atoms with Crippen molar-refractivity contribution in [2.45, 2.75) is 38.3 Å². The molecule has 2 aliphatic rings. The van der Waals surface area contributed by atoms with Gasteiger partial charge in [-0.1, -0.05) is 42.5 Å². The van der Waals surface area contributed by atoms with E-state index in [0.29, 0.717) is 12.6 Å². The van der Waals surface area contributed by atoms with Gasteiger partial charge in [-0.3, -0.25) is 0 Å². The summed E-state index contributed by atoms with van der Waals surface area (Å²) in [4.78, 5) is 7.40. The van der Waals surface area contributed by atoms with E-state index in [1.807, 2.05) is 36.5 Å². The number of fused-ring (bicyclic) bond motifs is 1. The highest BCUT2D eigenvalue weighted by Crippen LogP contribution is 2.43. The lowest BCUT2D eigenvalue weighted by atomic mass is 9.79. The molecule has 2 fully saturated rings. The number of benzene rings is 2. The highest BCUT2D eigenvalue weighted by molar-refractivity contribution is 6.02. The van der Waals surface area contributed by atoms with E-state index in [0.717, 1.165) is 45.1 Å². The fourth-order valence-electron chi connectivity index (χ4n) is 5.60. The molecule has 2 aromatic carbocycles. The highest BCUT2D eigenvalue weighted by Gasteiger charge is 2.33. The summed E-state index contributed by atoms with van der Waals surface area (Å²) in [6, 6.07) is 21.0. The number of nitrogens with two attached hydrogens (primary N) is 1. The van der Waals surface area contributed by atoms with E-state index in [4.69, 9.17) is 15.5 Å². The summed E-state index contributed by atoms with van der Waals surface area (Å²) in [7, 11) is 0. The quantitative estimate of drug-likeness (QED) is 0.379. The first-order valence-electron chi connectivity index (χ1n) is 12.5. The first-order valence-corrected chi connectivity index (χ1v) is 12.5. The third kappa shape index (κ3) is 4.16. The van der Waals surface area contributed by atoms with Gasteiger partial charge in [0.1, 0.15) is 18.0 Å². The third-order valence-corrected chi connectivity index (χ3v) is 7.46. The van der Waals surface area contributed by atoms with Crippen molar-refractivity contribution in [3.05, 3.63) is 78.6 Å². The Bertz CT molecular complexity index is 1270. The van der Waals surface area contributed by atoms with Gasteiger partial charge in [-0.25, -0.2) is 4.98 Å². The summed E-state index contributed by atoms with van der Waals surface area (Å²) in [5.74, 6) is 1.65. The molecule has 0 radical (unpaired) electrons. The fraction of sp³-hybridized carbons (Fsp3) is 0.345. The van der Waals surface area contributed by atoms with Gasteiger partial charge in [0.15, 0.2) is 0 Å². The maximum atomic E-state index is 6.48. The molecule has 2 N–H and O–H groups in total. The SMILES string of the molecule is Nc1ccnc2c1c(-c1cccc(OCc3ccccc3)c1)cn2[C@H]1C[C@H](CN2CCCC2)C1. The number of nitrogen functional groups attached to an aromatic ring is 1. The van der Waals surface area contributed by atoms with Gasteiger partial charge in [-0.2, -0.15) is 0 Å². The van der Waals surface area contributed by atoms with Crippen molar-refractivity contribution in [2.24, 2.45) is 5.92 Å². The average molecular weight is 453 g/mol. The molecule has 1 aliphatic heterocycles. The lowest BCUT2D eigenvalue weighted by molar-refractivity contribution is 0.146. The van der Waals surface area contributed by atoms with Crippen LogP contribution in [0.25, 0.3) is 22.2 Å². The molecule has 0 atom stereocenters. The van der Waals surface area contributed by atoms with Crippen molar-refractivity contribution < 1.29 is 4.74 Å². The van der Waals surface area contributed by atoms with E-state index in [2.05, 4.69) is 46.0 Å². The molecule has 0 unspecified atom stereocenters.